The Morgan fingerprint density at radius 1 is 1.11 bits per heavy atom. The normalized spacial score (nSPS) is 22.3. The van der Waals surface area contributed by atoms with E-state index in [1.165, 1.54) is 11.3 Å². The summed E-state index contributed by atoms with van der Waals surface area (Å²) in [6, 6.07) is 4.16. The minimum Gasteiger partial charge on any atom is -0.474 e. The van der Waals surface area contributed by atoms with Crippen LogP contribution < -0.4 is 10.1 Å². The number of hydrogen-bond acceptors (Lipinski definition) is 5. The summed E-state index contributed by atoms with van der Waals surface area (Å²) in [6.07, 6.45) is 12.3. The van der Waals surface area contributed by atoms with Crippen molar-refractivity contribution in [2.24, 2.45) is 5.92 Å². The van der Waals surface area contributed by atoms with Crippen LogP contribution in [-0.2, 0) is 24.2 Å². The Morgan fingerprint density at radius 3 is 2.61 bits per heavy atom. The van der Waals surface area contributed by atoms with Crippen LogP contribution in [0.3, 0.4) is 0 Å². The van der Waals surface area contributed by atoms with Gasteiger partial charge in [-0.25, -0.2) is 4.98 Å². The van der Waals surface area contributed by atoms with E-state index in [9.17, 15) is 9.59 Å². The SMILES string of the molecule is CC(=O)NC1CCN(C(=O)c2nn(CCC3CCC(Oc4ncccc4C)CC3)c3c2CCC3)CC1. The molecule has 2 fully saturated rings. The molecule has 194 valence electrons. The highest BCUT2D eigenvalue weighted by molar-refractivity contribution is 5.94. The highest BCUT2D eigenvalue weighted by Crippen LogP contribution is 2.32. The summed E-state index contributed by atoms with van der Waals surface area (Å²) >= 11 is 0. The van der Waals surface area contributed by atoms with Crippen molar-refractivity contribution < 1.29 is 14.3 Å². The average molecular weight is 494 g/mol. The van der Waals surface area contributed by atoms with Crippen molar-refractivity contribution in [2.45, 2.75) is 96.7 Å². The van der Waals surface area contributed by atoms with Gasteiger partial charge in [0.25, 0.3) is 5.91 Å². The van der Waals surface area contributed by atoms with E-state index in [1.54, 1.807) is 13.1 Å². The third-order valence-corrected chi connectivity index (χ3v) is 8.18. The first-order valence-electron chi connectivity index (χ1n) is 13.7. The molecule has 2 amide bonds. The molecule has 1 aliphatic heterocycles. The number of carbonyl (C=O) groups excluding carboxylic acids is 2. The van der Waals surface area contributed by atoms with E-state index in [4.69, 9.17) is 9.84 Å². The Kier molecular flexibility index (Phi) is 7.58. The molecular weight excluding hydrogens is 454 g/mol. The van der Waals surface area contributed by atoms with E-state index in [-0.39, 0.29) is 24.0 Å². The molecule has 5 rings (SSSR count). The van der Waals surface area contributed by atoms with Crippen LogP contribution in [-0.4, -0.2) is 56.7 Å². The Labute approximate surface area is 213 Å². The molecule has 2 aliphatic carbocycles. The van der Waals surface area contributed by atoms with Crippen LogP contribution >= 0.6 is 0 Å². The third kappa shape index (κ3) is 5.57. The van der Waals surface area contributed by atoms with Gasteiger partial charge in [0.15, 0.2) is 5.69 Å². The maximum atomic E-state index is 13.4. The van der Waals surface area contributed by atoms with Gasteiger partial charge in [-0.3, -0.25) is 14.3 Å². The number of hydrogen-bond donors (Lipinski definition) is 1. The van der Waals surface area contributed by atoms with E-state index in [2.05, 4.69) is 15.0 Å². The van der Waals surface area contributed by atoms with Gasteiger partial charge in [0.2, 0.25) is 11.8 Å². The predicted octanol–water partition coefficient (Wildman–Crippen LogP) is 3.84. The number of likely N-dealkylation sites (tertiary alicyclic amines) is 1. The average Bonchev–Trinajstić information content (AvgIpc) is 3.48. The summed E-state index contributed by atoms with van der Waals surface area (Å²) in [5.41, 5.74) is 4.21. The zero-order valence-electron chi connectivity index (χ0n) is 21.7. The van der Waals surface area contributed by atoms with Crippen LogP contribution in [0.25, 0.3) is 0 Å². The van der Waals surface area contributed by atoms with Gasteiger partial charge < -0.3 is 15.0 Å². The molecule has 1 saturated heterocycles. The fourth-order valence-electron chi connectivity index (χ4n) is 6.13. The first-order chi connectivity index (χ1) is 17.5. The summed E-state index contributed by atoms with van der Waals surface area (Å²) in [4.78, 5) is 31.0. The minimum atomic E-state index is 0.000603. The van der Waals surface area contributed by atoms with Gasteiger partial charge in [0.1, 0.15) is 6.10 Å². The molecule has 0 unspecified atom stereocenters. The summed E-state index contributed by atoms with van der Waals surface area (Å²) < 4.78 is 8.32. The molecule has 0 spiro atoms. The van der Waals surface area contributed by atoms with Crippen molar-refractivity contribution >= 4 is 11.8 Å². The summed E-state index contributed by atoms with van der Waals surface area (Å²) in [6.45, 7) is 5.83. The van der Waals surface area contributed by atoms with E-state index in [1.807, 2.05) is 24.0 Å². The minimum absolute atomic E-state index is 0.000603. The van der Waals surface area contributed by atoms with E-state index in [0.29, 0.717) is 24.7 Å². The van der Waals surface area contributed by atoms with Crippen molar-refractivity contribution in [1.29, 1.82) is 0 Å². The lowest BCUT2D eigenvalue weighted by Gasteiger charge is -2.32. The first-order valence-corrected chi connectivity index (χ1v) is 13.7. The quantitative estimate of drug-likeness (QED) is 0.633. The van der Waals surface area contributed by atoms with Gasteiger partial charge in [-0.2, -0.15) is 5.10 Å². The summed E-state index contributed by atoms with van der Waals surface area (Å²) in [5, 5.41) is 7.85. The number of aromatic nitrogens is 3. The van der Waals surface area contributed by atoms with Gasteiger partial charge in [0, 0.05) is 55.6 Å². The lowest BCUT2D eigenvalue weighted by molar-refractivity contribution is -0.119. The maximum Gasteiger partial charge on any atom is 0.274 e. The number of ether oxygens (including phenoxy) is 1. The van der Waals surface area contributed by atoms with Crippen LogP contribution in [0, 0.1) is 12.8 Å². The first kappa shape index (κ1) is 24.8. The fraction of sp³-hybridized carbons (Fsp3) is 0.643. The monoisotopic (exact) mass is 493 g/mol. The summed E-state index contributed by atoms with van der Waals surface area (Å²) in [5.74, 6) is 1.50. The van der Waals surface area contributed by atoms with Gasteiger partial charge >= 0.3 is 0 Å². The number of carbonyl (C=O) groups is 2. The molecular formula is C28H39N5O3. The second-order valence-electron chi connectivity index (χ2n) is 10.8. The Balaban J connectivity index is 1.14. The molecule has 3 aliphatic rings. The Hall–Kier alpha value is -2.90. The molecule has 0 bridgehead atoms. The molecule has 8 heteroatoms. The molecule has 2 aromatic heterocycles. The molecule has 36 heavy (non-hydrogen) atoms. The molecule has 0 aromatic carbocycles. The van der Waals surface area contributed by atoms with Crippen molar-refractivity contribution in [3.8, 4) is 5.88 Å². The maximum absolute atomic E-state index is 13.4. The molecule has 1 N–H and O–H groups in total. The van der Waals surface area contributed by atoms with Crippen LogP contribution in [0.1, 0.15) is 85.6 Å². The highest BCUT2D eigenvalue weighted by atomic mass is 16.5. The van der Waals surface area contributed by atoms with Crippen LogP contribution in [0.2, 0.25) is 0 Å². The van der Waals surface area contributed by atoms with Crippen molar-refractivity contribution in [3.05, 3.63) is 40.8 Å². The molecule has 1 saturated carbocycles. The standard InChI is InChI=1S/C28H39N5O3/c1-19-5-4-15-29-27(19)36-23-10-8-21(9-11-23)12-18-33-25-7-3-6-24(25)26(31-33)28(35)32-16-13-22(14-17-32)30-20(2)34/h4-5,15,21-23H,3,6-14,16-18H2,1-2H3,(H,30,34). The van der Waals surface area contributed by atoms with E-state index in [0.717, 1.165) is 82.2 Å². The zero-order chi connectivity index (χ0) is 25.1. The van der Waals surface area contributed by atoms with Crippen LogP contribution in [0.15, 0.2) is 18.3 Å². The molecule has 0 atom stereocenters. The smallest absolute Gasteiger partial charge is 0.274 e. The predicted molar refractivity (Wildman–Crippen MR) is 137 cm³/mol. The number of fused-ring (bicyclic) bond motifs is 1. The topological polar surface area (TPSA) is 89.4 Å². The van der Waals surface area contributed by atoms with Gasteiger partial charge in [0.05, 0.1) is 0 Å². The lowest BCUT2D eigenvalue weighted by atomic mass is 9.85. The van der Waals surface area contributed by atoms with Gasteiger partial charge in [-0.15, -0.1) is 0 Å². The fourth-order valence-corrected chi connectivity index (χ4v) is 6.13. The summed E-state index contributed by atoms with van der Waals surface area (Å²) in [7, 11) is 0. The Morgan fingerprint density at radius 2 is 1.89 bits per heavy atom. The number of pyridine rings is 1. The number of piperidine rings is 1. The molecule has 3 heterocycles. The van der Waals surface area contributed by atoms with Crippen molar-refractivity contribution in [3.63, 3.8) is 0 Å². The Bertz CT molecular complexity index is 1080. The molecule has 0 radical (unpaired) electrons. The largest absolute Gasteiger partial charge is 0.474 e. The van der Waals surface area contributed by atoms with E-state index >= 15 is 0 Å². The number of aryl methyl sites for hydroxylation is 2. The number of amides is 2. The number of rotatable bonds is 7. The van der Waals surface area contributed by atoms with Crippen LogP contribution in [0.5, 0.6) is 5.88 Å². The second kappa shape index (κ2) is 11.0. The second-order valence-corrected chi connectivity index (χ2v) is 10.8. The zero-order valence-corrected chi connectivity index (χ0v) is 21.7. The number of nitrogens with one attached hydrogen (secondary N) is 1. The van der Waals surface area contributed by atoms with Gasteiger partial charge in [-0.05, 0) is 83.1 Å². The molecule has 8 nitrogen and oxygen atoms in total. The van der Waals surface area contributed by atoms with Gasteiger partial charge in [-0.1, -0.05) is 6.07 Å². The molecule has 2 aromatic rings. The number of nitrogens with zero attached hydrogens (tertiary/aromatic N) is 4. The van der Waals surface area contributed by atoms with Crippen molar-refractivity contribution in [1.82, 2.24) is 25.0 Å². The van der Waals surface area contributed by atoms with Crippen LogP contribution in [0.4, 0.5) is 0 Å². The highest BCUT2D eigenvalue weighted by Gasteiger charge is 2.31. The van der Waals surface area contributed by atoms with Crippen molar-refractivity contribution in [2.75, 3.05) is 13.1 Å². The van der Waals surface area contributed by atoms with E-state index < -0.39 is 0 Å². The lowest BCUT2D eigenvalue weighted by Crippen LogP contribution is -2.46. The third-order valence-electron chi connectivity index (χ3n) is 8.18.